The average molecular weight is 430 g/mol. The van der Waals surface area contributed by atoms with Gasteiger partial charge in [0, 0.05) is 55.5 Å². The second kappa shape index (κ2) is 7.21. The second-order valence-electron chi connectivity index (χ2n) is 8.56. The summed E-state index contributed by atoms with van der Waals surface area (Å²) in [5, 5.41) is 12.2. The molecule has 1 fully saturated rings. The first-order valence-electron chi connectivity index (χ1n) is 9.73. The largest absolute Gasteiger partial charge is 0.378 e. The normalized spacial score (nSPS) is 20.0. The Hall–Kier alpha value is -2.72. The predicted molar refractivity (Wildman–Crippen MR) is 117 cm³/mol. The molecule has 9 nitrogen and oxygen atoms in total. The molecule has 10 heteroatoms. The van der Waals surface area contributed by atoms with E-state index in [4.69, 9.17) is 5.73 Å². The van der Waals surface area contributed by atoms with Gasteiger partial charge in [0.2, 0.25) is 0 Å². The summed E-state index contributed by atoms with van der Waals surface area (Å²) in [4.78, 5) is 12.2. The Balaban J connectivity index is 1.81. The number of hydrogen-bond donors (Lipinski definition) is 2. The molecule has 0 aliphatic carbocycles. The number of aryl methyl sites for hydroxylation is 1. The molecule has 4 heterocycles. The summed E-state index contributed by atoms with van der Waals surface area (Å²) in [7, 11) is 0.846. The van der Waals surface area contributed by atoms with Gasteiger partial charge in [0.25, 0.3) is 5.91 Å². The molecule has 2 atom stereocenters. The van der Waals surface area contributed by atoms with Gasteiger partial charge >= 0.3 is 0 Å². The molecule has 0 spiro atoms. The molecule has 1 amide bonds. The molecule has 1 aliphatic heterocycles. The first-order chi connectivity index (χ1) is 14.1. The van der Waals surface area contributed by atoms with Gasteiger partial charge in [-0.05, 0) is 18.4 Å². The van der Waals surface area contributed by atoms with Crippen LogP contribution in [0.25, 0.3) is 16.6 Å². The van der Waals surface area contributed by atoms with Gasteiger partial charge in [0.15, 0.2) is 0 Å². The van der Waals surface area contributed by atoms with Crippen molar-refractivity contribution in [2.45, 2.75) is 26.8 Å². The minimum atomic E-state index is -1.05. The number of carbonyl (C=O) groups is 1. The Morgan fingerprint density at radius 3 is 2.63 bits per heavy atom. The summed E-state index contributed by atoms with van der Waals surface area (Å²) >= 11 is 0. The number of amides is 1. The molecule has 1 aliphatic rings. The van der Waals surface area contributed by atoms with E-state index in [1.54, 1.807) is 10.8 Å². The van der Waals surface area contributed by atoms with Crippen molar-refractivity contribution >= 4 is 28.1 Å². The number of nitrogens with zero attached hydrogens (tertiary/aromatic N) is 5. The van der Waals surface area contributed by atoms with Crippen LogP contribution in [0.15, 0.2) is 24.7 Å². The van der Waals surface area contributed by atoms with E-state index in [-0.39, 0.29) is 11.5 Å². The van der Waals surface area contributed by atoms with E-state index < -0.39 is 16.9 Å². The zero-order chi connectivity index (χ0) is 21.8. The third kappa shape index (κ3) is 3.39. The van der Waals surface area contributed by atoms with Gasteiger partial charge in [-0.25, -0.2) is 13.0 Å². The van der Waals surface area contributed by atoms with Crippen LogP contribution in [-0.4, -0.2) is 59.2 Å². The molecule has 160 valence electrons. The molecule has 0 bridgehead atoms. The van der Waals surface area contributed by atoms with E-state index in [9.17, 15) is 9.00 Å². The van der Waals surface area contributed by atoms with E-state index in [2.05, 4.69) is 29.4 Å². The first-order valence-corrected chi connectivity index (χ1v) is 11.2. The molecule has 3 aromatic heterocycles. The molecule has 3 N–H and O–H groups in total. The van der Waals surface area contributed by atoms with Gasteiger partial charge in [0.05, 0.1) is 40.1 Å². The fourth-order valence-electron chi connectivity index (χ4n) is 4.02. The van der Waals surface area contributed by atoms with Gasteiger partial charge in [-0.1, -0.05) is 13.8 Å². The summed E-state index contributed by atoms with van der Waals surface area (Å²) in [5.74, 6) is -0.542. The zero-order valence-electron chi connectivity index (χ0n) is 17.8. The lowest BCUT2D eigenvalue weighted by Crippen LogP contribution is -2.35. The van der Waals surface area contributed by atoms with Gasteiger partial charge in [0.1, 0.15) is 0 Å². The van der Waals surface area contributed by atoms with Gasteiger partial charge in [-0.3, -0.25) is 9.48 Å². The van der Waals surface area contributed by atoms with Gasteiger partial charge in [-0.2, -0.15) is 10.2 Å². The Labute approximate surface area is 177 Å². The highest BCUT2D eigenvalue weighted by Gasteiger charge is 2.41. The molecular formula is C20H27N7O2S. The van der Waals surface area contributed by atoms with Crippen molar-refractivity contribution in [3.63, 3.8) is 0 Å². The number of anilines is 1. The van der Waals surface area contributed by atoms with E-state index in [0.29, 0.717) is 24.3 Å². The first kappa shape index (κ1) is 20.5. The van der Waals surface area contributed by atoms with Crippen LogP contribution in [0, 0.1) is 12.3 Å². The molecule has 0 aromatic carbocycles. The van der Waals surface area contributed by atoms with Crippen LogP contribution in [0.4, 0.5) is 5.69 Å². The van der Waals surface area contributed by atoms with Gasteiger partial charge < -0.3 is 11.1 Å². The van der Waals surface area contributed by atoms with Crippen LogP contribution in [0.3, 0.4) is 0 Å². The number of nitrogens with one attached hydrogen (secondary N) is 1. The minimum absolute atomic E-state index is 0.0100. The van der Waals surface area contributed by atoms with Crippen LogP contribution >= 0.6 is 0 Å². The smallest absolute Gasteiger partial charge is 0.252 e. The van der Waals surface area contributed by atoms with Crippen molar-refractivity contribution < 1.29 is 9.00 Å². The number of nitrogens with two attached hydrogens (primary N) is 1. The van der Waals surface area contributed by atoms with E-state index in [0.717, 1.165) is 22.3 Å². The highest BCUT2D eigenvalue weighted by molar-refractivity contribution is 7.81. The summed E-state index contributed by atoms with van der Waals surface area (Å²) in [6.45, 7) is 7.57. The standard InChI is InChI=1S/C20H27N7O2S/c1-12-14(7-22-25(12)4)13-6-16-18(15(19(21)28)8-23-27(16)9-13)24-17-10-26(30(5)29)11-20(17,2)3/h6-9,17,24H,10-11H2,1-5H3,(H2,21,28). The van der Waals surface area contributed by atoms with E-state index in [1.165, 1.54) is 6.20 Å². The molecule has 2 unspecified atom stereocenters. The molecule has 0 saturated carbocycles. The Morgan fingerprint density at radius 2 is 2.07 bits per heavy atom. The summed E-state index contributed by atoms with van der Waals surface area (Å²) < 4.78 is 17.5. The van der Waals surface area contributed by atoms with E-state index in [1.807, 2.05) is 41.4 Å². The third-order valence-corrected chi connectivity index (χ3v) is 7.05. The van der Waals surface area contributed by atoms with Crippen LogP contribution in [-0.2, 0) is 18.0 Å². The maximum atomic E-state index is 12.2. The zero-order valence-corrected chi connectivity index (χ0v) is 18.7. The molecule has 30 heavy (non-hydrogen) atoms. The summed E-state index contributed by atoms with van der Waals surface area (Å²) in [5.41, 5.74) is 10.3. The van der Waals surface area contributed by atoms with Crippen molar-refractivity contribution in [1.82, 2.24) is 23.7 Å². The average Bonchev–Trinajstić information content (AvgIpc) is 3.31. The lowest BCUT2D eigenvalue weighted by Gasteiger charge is -2.28. The molecule has 1 saturated heterocycles. The highest BCUT2D eigenvalue weighted by Crippen LogP contribution is 2.36. The van der Waals surface area contributed by atoms with Crippen molar-refractivity contribution in [1.29, 1.82) is 0 Å². The SMILES string of the molecule is Cc1c(-c2cc3c(NC4CN(S(C)=O)CC4(C)C)c(C(N)=O)cnn3c2)cnn1C. The lowest BCUT2D eigenvalue weighted by molar-refractivity contribution is 0.100. The number of hydrogen-bond acceptors (Lipinski definition) is 5. The van der Waals surface area contributed by atoms with Crippen molar-refractivity contribution in [2.75, 3.05) is 24.7 Å². The fourth-order valence-corrected chi connectivity index (χ4v) is 4.89. The number of rotatable bonds is 5. The fraction of sp³-hybridized carbons (Fsp3) is 0.450. The van der Waals surface area contributed by atoms with Crippen LogP contribution in [0.2, 0.25) is 0 Å². The van der Waals surface area contributed by atoms with Crippen LogP contribution < -0.4 is 11.1 Å². The number of aromatic nitrogens is 4. The molecule has 3 aromatic rings. The number of carbonyl (C=O) groups excluding carboxylic acids is 1. The predicted octanol–water partition coefficient (Wildman–Crippen LogP) is 1.56. The maximum absolute atomic E-state index is 12.2. The molecule has 0 radical (unpaired) electrons. The quantitative estimate of drug-likeness (QED) is 0.639. The highest BCUT2D eigenvalue weighted by atomic mass is 32.2. The minimum Gasteiger partial charge on any atom is -0.378 e. The van der Waals surface area contributed by atoms with Crippen LogP contribution in [0.1, 0.15) is 29.9 Å². The lowest BCUT2D eigenvalue weighted by atomic mass is 9.87. The maximum Gasteiger partial charge on any atom is 0.252 e. The topological polar surface area (TPSA) is 111 Å². The molecular weight excluding hydrogens is 402 g/mol. The van der Waals surface area contributed by atoms with Crippen molar-refractivity contribution in [3.05, 3.63) is 35.9 Å². The van der Waals surface area contributed by atoms with Crippen molar-refractivity contribution in [3.8, 4) is 11.1 Å². The third-order valence-electron chi connectivity index (χ3n) is 6.04. The van der Waals surface area contributed by atoms with Crippen LogP contribution in [0.5, 0.6) is 0 Å². The van der Waals surface area contributed by atoms with Gasteiger partial charge in [-0.15, -0.1) is 0 Å². The monoisotopic (exact) mass is 429 g/mol. The number of fused-ring (bicyclic) bond motifs is 1. The van der Waals surface area contributed by atoms with E-state index >= 15 is 0 Å². The Kier molecular flexibility index (Phi) is 4.94. The number of primary amides is 1. The Bertz CT molecular complexity index is 1160. The summed E-state index contributed by atoms with van der Waals surface area (Å²) in [6.07, 6.45) is 6.92. The molecule has 4 rings (SSSR count). The summed E-state index contributed by atoms with van der Waals surface area (Å²) in [6, 6.07) is 1.98. The second-order valence-corrected chi connectivity index (χ2v) is 9.92. The Morgan fingerprint density at radius 1 is 1.33 bits per heavy atom. The van der Waals surface area contributed by atoms with Crippen molar-refractivity contribution in [2.24, 2.45) is 18.2 Å².